The number of nitrogens with one attached hydrogen (secondary N) is 1. The maximum Gasteiger partial charge on any atom is 0.265 e. The zero-order valence-corrected chi connectivity index (χ0v) is 21.3. The van der Waals surface area contributed by atoms with Crippen LogP contribution in [0.1, 0.15) is 25.7 Å². The average molecular weight is 505 g/mol. The summed E-state index contributed by atoms with van der Waals surface area (Å²) in [4.78, 5) is 13.1. The Balaban J connectivity index is 1.72. The van der Waals surface area contributed by atoms with Gasteiger partial charge in [-0.1, -0.05) is 6.42 Å². The van der Waals surface area contributed by atoms with Crippen LogP contribution in [-0.4, -0.2) is 55.4 Å². The summed E-state index contributed by atoms with van der Waals surface area (Å²) in [6.45, 7) is -0.409. The summed E-state index contributed by atoms with van der Waals surface area (Å²) < 4.78 is 50.2. The highest BCUT2D eigenvalue weighted by Crippen LogP contribution is 2.44. The van der Waals surface area contributed by atoms with Crippen molar-refractivity contribution in [3.63, 3.8) is 0 Å². The Kier molecular flexibility index (Phi) is 7.30. The Bertz CT molecular complexity index is 1180. The molecule has 35 heavy (non-hydrogen) atoms. The zero-order chi connectivity index (χ0) is 25.2. The van der Waals surface area contributed by atoms with E-state index in [0.29, 0.717) is 29.1 Å². The van der Waals surface area contributed by atoms with Crippen molar-refractivity contribution in [2.24, 2.45) is 11.8 Å². The van der Waals surface area contributed by atoms with Crippen molar-refractivity contribution in [2.45, 2.75) is 36.6 Å². The molecule has 4 rings (SSSR count). The van der Waals surface area contributed by atoms with Crippen molar-refractivity contribution in [2.75, 3.05) is 39.3 Å². The standard InChI is InChI=1S/C25H32N2O7S/c1-31-18-7-9-22(32-2)21(13-18)27(15-25(28)26-20-12-16-5-6-17(20)11-16)35(29,30)19-8-10-23(33-3)24(14-19)34-4/h7-10,13-14,16-17,20H,5-6,11-12,15H2,1-4H3,(H,26,28). The number of nitrogens with zero attached hydrogens (tertiary/aromatic N) is 1. The molecule has 0 spiro atoms. The third kappa shape index (κ3) is 4.98. The molecular weight excluding hydrogens is 472 g/mol. The van der Waals surface area contributed by atoms with E-state index in [-0.39, 0.29) is 28.3 Å². The van der Waals surface area contributed by atoms with E-state index in [1.165, 1.54) is 53.1 Å². The first-order chi connectivity index (χ1) is 16.8. The van der Waals surface area contributed by atoms with E-state index in [0.717, 1.165) is 23.6 Å². The molecule has 2 aliphatic carbocycles. The van der Waals surface area contributed by atoms with Gasteiger partial charge in [-0.3, -0.25) is 9.10 Å². The molecule has 2 bridgehead atoms. The Hall–Kier alpha value is -3.14. The summed E-state index contributed by atoms with van der Waals surface area (Å²) in [5.74, 6) is 2.13. The minimum atomic E-state index is -4.21. The Labute approximate surface area is 206 Å². The van der Waals surface area contributed by atoms with Crippen molar-refractivity contribution in [3.8, 4) is 23.0 Å². The summed E-state index contributed by atoms with van der Waals surface area (Å²) in [6, 6.07) is 9.22. The summed E-state index contributed by atoms with van der Waals surface area (Å²) >= 11 is 0. The molecule has 2 aromatic carbocycles. The zero-order valence-electron chi connectivity index (χ0n) is 20.4. The number of methoxy groups -OCH3 is 4. The molecule has 2 fully saturated rings. The van der Waals surface area contributed by atoms with Crippen LogP contribution in [0.25, 0.3) is 0 Å². The number of carbonyl (C=O) groups is 1. The van der Waals surface area contributed by atoms with E-state index < -0.39 is 16.6 Å². The molecule has 0 radical (unpaired) electrons. The Morgan fingerprint density at radius 3 is 2.23 bits per heavy atom. The van der Waals surface area contributed by atoms with Crippen LogP contribution in [0.3, 0.4) is 0 Å². The fourth-order valence-corrected chi connectivity index (χ4v) is 6.64. The fourth-order valence-electron chi connectivity index (χ4n) is 5.20. The smallest absolute Gasteiger partial charge is 0.265 e. The molecule has 9 nitrogen and oxygen atoms in total. The summed E-state index contributed by atoms with van der Waals surface area (Å²) in [5, 5.41) is 3.08. The number of benzene rings is 2. The molecule has 1 N–H and O–H groups in total. The lowest BCUT2D eigenvalue weighted by Crippen LogP contribution is -2.46. The minimum Gasteiger partial charge on any atom is -0.497 e. The van der Waals surface area contributed by atoms with Crippen molar-refractivity contribution in [3.05, 3.63) is 36.4 Å². The topological polar surface area (TPSA) is 103 Å². The van der Waals surface area contributed by atoms with Crippen molar-refractivity contribution in [1.82, 2.24) is 5.32 Å². The maximum absolute atomic E-state index is 13.9. The van der Waals surface area contributed by atoms with Crippen LogP contribution >= 0.6 is 0 Å². The van der Waals surface area contributed by atoms with Gasteiger partial charge in [0.2, 0.25) is 5.91 Å². The van der Waals surface area contributed by atoms with E-state index in [1.54, 1.807) is 18.2 Å². The van der Waals surface area contributed by atoms with Gasteiger partial charge in [0.05, 0.1) is 39.0 Å². The molecule has 0 heterocycles. The van der Waals surface area contributed by atoms with E-state index in [2.05, 4.69) is 5.32 Å². The van der Waals surface area contributed by atoms with Gasteiger partial charge in [-0.15, -0.1) is 0 Å². The summed E-state index contributed by atoms with van der Waals surface area (Å²) in [6.07, 6.45) is 4.38. The van der Waals surface area contributed by atoms with Gasteiger partial charge in [0.25, 0.3) is 10.0 Å². The molecule has 1 amide bonds. The lowest BCUT2D eigenvalue weighted by molar-refractivity contribution is -0.120. The van der Waals surface area contributed by atoms with Gasteiger partial charge in [-0.25, -0.2) is 8.42 Å². The molecule has 0 aliphatic heterocycles. The lowest BCUT2D eigenvalue weighted by atomic mass is 9.95. The number of amides is 1. The second kappa shape index (κ2) is 10.2. The monoisotopic (exact) mass is 504 g/mol. The van der Waals surface area contributed by atoms with Crippen molar-refractivity contribution >= 4 is 21.6 Å². The second-order valence-electron chi connectivity index (χ2n) is 8.92. The fraction of sp³-hybridized carbons (Fsp3) is 0.480. The number of sulfonamides is 1. The van der Waals surface area contributed by atoms with E-state index in [1.807, 2.05) is 0 Å². The molecule has 0 saturated heterocycles. The number of fused-ring (bicyclic) bond motifs is 2. The van der Waals surface area contributed by atoms with Crippen molar-refractivity contribution in [1.29, 1.82) is 0 Å². The number of hydrogen-bond acceptors (Lipinski definition) is 7. The maximum atomic E-state index is 13.9. The van der Waals surface area contributed by atoms with Crippen LogP contribution in [0.15, 0.2) is 41.3 Å². The van der Waals surface area contributed by atoms with Crippen LogP contribution in [0.2, 0.25) is 0 Å². The van der Waals surface area contributed by atoms with Crippen molar-refractivity contribution < 1.29 is 32.2 Å². The molecule has 0 aromatic heterocycles. The van der Waals surface area contributed by atoms with Gasteiger partial charge in [0, 0.05) is 18.2 Å². The number of hydrogen-bond donors (Lipinski definition) is 1. The van der Waals surface area contributed by atoms with Gasteiger partial charge in [0.1, 0.15) is 18.0 Å². The number of anilines is 1. The highest BCUT2D eigenvalue weighted by atomic mass is 32.2. The predicted octanol–water partition coefficient (Wildman–Crippen LogP) is 3.22. The van der Waals surface area contributed by atoms with Gasteiger partial charge in [-0.05, 0) is 55.4 Å². The SMILES string of the molecule is COc1ccc(OC)c(N(CC(=O)NC2CC3CCC2C3)S(=O)(=O)c2ccc(OC)c(OC)c2)c1. The first-order valence-corrected chi connectivity index (χ1v) is 13.0. The van der Waals surface area contributed by atoms with Gasteiger partial charge >= 0.3 is 0 Å². The molecule has 2 aliphatic rings. The Morgan fingerprint density at radius 2 is 1.63 bits per heavy atom. The first kappa shape index (κ1) is 25.0. The average Bonchev–Trinajstić information content (AvgIpc) is 3.49. The molecule has 190 valence electrons. The van der Waals surface area contributed by atoms with Gasteiger partial charge < -0.3 is 24.3 Å². The van der Waals surface area contributed by atoms with E-state index >= 15 is 0 Å². The normalized spacial score (nSPS) is 20.9. The quantitative estimate of drug-likeness (QED) is 0.530. The van der Waals surface area contributed by atoms with Gasteiger partial charge in [-0.2, -0.15) is 0 Å². The number of ether oxygens (including phenoxy) is 4. The van der Waals surface area contributed by atoms with Crippen LogP contribution in [0.5, 0.6) is 23.0 Å². The Morgan fingerprint density at radius 1 is 0.914 bits per heavy atom. The second-order valence-corrected chi connectivity index (χ2v) is 10.8. The summed E-state index contributed by atoms with van der Waals surface area (Å²) in [7, 11) is 1.63. The molecule has 2 saturated carbocycles. The molecule has 3 atom stereocenters. The van der Waals surface area contributed by atoms with Gasteiger partial charge in [0.15, 0.2) is 11.5 Å². The molecule has 3 unspecified atom stereocenters. The molecule has 10 heteroatoms. The third-order valence-electron chi connectivity index (χ3n) is 6.97. The highest BCUT2D eigenvalue weighted by molar-refractivity contribution is 7.92. The first-order valence-electron chi connectivity index (χ1n) is 11.6. The number of carbonyl (C=O) groups excluding carboxylic acids is 1. The predicted molar refractivity (Wildman–Crippen MR) is 131 cm³/mol. The minimum absolute atomic E-state index is 0.0484. The van der Waals surface area contributed by atoms with E-state index in [4.69, 9.17) is 18.9 Å². The third-order valence-corrected chi connectivity index (χ3v) is 8.73. The largest absolute Gasteiger partial charge is 0.497 e. The number of rotatable bonds is 10. The van der Waals surface area contributed by atoms with Crippen LogP contribution in [-0.2, 0) is 14.8 Å². The van der Waals surface area contributed by atoms with Crippen LogP contribution in [0.4, 0.5) is 5.69 Å². The van der Waals surface area contributed by atoms with E-state index in [9.17, 15) is 13.2 Å². The highest BCUT2D eigenvalue weighted by Gasteiger charge is 2.40. The van der Waals surface area contributed by atoms with Crippen LogP contribution < -0.4 is 28.6 Å². The molecular formula is C25H32N2O7S. The van der Waals surface area contributed by atoms with Crippen LogP contribution in [0, 0.1) is 11.8 Å². The molecule has 2 aromatic rings. The lowest BCUT2D eigenvalue weighted by Gasteiger charge is -2.28. The summed E-state index contributed by atoms with van der Waals surface area (Å²) in [5.41, 5.74) is 0.199.